The first-order chi connectivity index (χ1) is 15.3. The molecule has 168 valence electrons. The Bertz CT molecular complexity index is 1090. The molecule has 0 bridgehead atoms. The van der Waals surface area contributed by atoms with Gasteiger partial charge in [-0.15, -0.1) is 0 Å². The number of pyridine rings is 1. The van der Waals surface area contributed by atoms with E-state index in [2.05, 4.69) is 64.5 Å². The smallest absolute Gasteiger partial charge is 0.273 e. The van der Waals surface area contributed by atoms with Gasteiger partial charge in [0, 0.05) is 42.8 Å². The SMILES string of the molecule is Cc1cc(-c2ccc(N3C[C@H](C)C[C@@H](C)C3)cc2CNC(=O)c2cc(C)on2)cc(C)n1. The number of aromatic nitrogens is 2. The summed E-state index contributed by atoms with van der Waals surface area (Å²) in [5, 5.41) is 6.86. The van der Waals surface area contributed by atoms with E-state index < -0.39 is 0 Å². The maximum atomic E-state index is 12.6. The Kier molecular flexibility index (Phi) is 6.31. The summed E-state index contributed by atoms with van der Waals surface area (Å²) in [7, 11) is 0. The quantitative estimate of drug-likeness (QED) is 0.609. The van der Waals surface area contributed by atoms with E-state index in [1.807, 2.05) is 13.8 Å². The highest BCUT2D eigenvalue weighted by Gasteiger charge is 2.23. The molecule has 1 aromatic carbocycles. The molecule has 0 spiro atoms. The number of amides is 1. The lowest BCUT2D eigenvalue weighted by atomic mass is 9.91. The lowest BCUT2D eigenvalue weighted by molar-refractivity contribution is 0.0942. The van der Waals surface area contributed by atoms with Gasteiger partial charge in [-0.2, -0.15) is 0 Å². The second-order valence-corrected chi connectivity index (χ2v) is 9.34. The first-order valence-electron chi connectivity index (χ1n) is 11.3. The molecule has 1 aliphatic rings. The van der Waals surface area contributed by atoms with Crippen LogP contribution >= 0.6 is 0 Å². The van der Waals surface area contributed by atoms with E-state index >= 15 is 0 Å². The minimum Gasteiger partial charge on any atom is -0.371 e. The van der Waals surface area contributed by atoms with Crippen LogP contribution in [0.15, 0.2) is 40.9 Å². The average Bonchev–Trinajstić information content (AvgIpc) is 3.17. The van der Waals surface area contributed by atoms with E-state index in [9.17, 15) is 4.79 Å². The minimum atomic E-state index is -0.236. The summed E-state index contributed by atoms with van der Waals surface area (Å²) in [5.41, 5.74) is 6.77. The molecule has 1 N–H and O–H groups in total. The number of aryl methyl sites for hydroxylation is 3. The molecule has 0 unspecified atom stereocenters. The topological polar surface area (TPSA) is 71.3 Å². The van der Waals surface area contributed by atoms with Gasteiger partial charge in [0.15, 0.2) is 5.69 Å². The zero-order valence-electron chi connectivity index (χ0n) is 19.6. The molecule has 2 aromatic heterocycles. The second-order valence-electron chi connectivity index (χ2n) is 9.34. The summed E-state index contributed by atoms with van der Waals surface area (Å²) in [4.78, 5) is 19.6. The molecule has 0 radical (unpaired) electrons. The molecule has 1 saturated heterocycles. The molecule has 4 rings (SSSR count). The van der Waals surface area contributed by atoms with E-state index in [-0.39, 0.29) is 5.91 Å². The van der Waals surface area contributed by atoms with Gasteiger partial charge in [0.1, 0.15) is 5.76 Å². The van der Waals surface area contributed by atoms with Gasteiger partial charge in [0.25, 0.3) is 5.91 Å². The number of carbonyl (C=O) groups excluding carboxylic acids is 1. The van der Waals surface area contributed by atoms with Crippen LogP contribution in [0, 0.1) is 32.6 Å². The number of anilines is 1. The number of piperidine rings is 1. The van der Waals surface area contributed by atoms with Gasteiger partial charge in [-0.05, 0) is 80.0 Å². The highest BCUT2D eigenvalue weighted by atomic mass is 16.5. The van der Waals surface area contributed by atoms with Crippen LogP contribution in [0.25, 0.3) is 11.1 Å². The van der Waals surface area contributed by atoms with Gasteiger partial charge in [-0.1, -0.05) is 25.1 Å². The van der Waals surface area contributed by atoms with Crippen LogP contribution in [-0.4, -0.2) is 29.1 Å². The minimum absolute atomic E-state index is 0.236. The fourth-order valence-electron chi connectivity index (χ4n) is 4.81. The fraction of sp³-hybridized carbons (Fsp3) is 0.423. The number of hydrogen-bond donors (Lipinski definition) is 1. The van der Waals surface area contributed by atoms with Crippen LogP contribution in [0.5, 0.6) is 0 Å². The van der Waals surface area contributed by atoms with E-state index in [1.54, 1.807) is 13.0 Å². The van der Waals surface area contributed by atoms with Crippen molar-refractivity contribution >= 4 is 11.6 Å². The zero-order valence-corrected chi connectivity index (χ0v) is 19.6. The van der Waals surface area contributed by atoms with Gasteiger partial charge in [-0.3, -0.25) is 9.78 Å². The van der Waals surface area contributed by atoms with Crippen molar-refractivity contribution in [1.29, 1.82) is 0 Å². The van der Waals surface area contributed by atoms with Crippen LogP contribution in [-0.2, 0) is 6.54 Å². The highest BCUT2D eigenvalue weighted by Crippen LogP contribution is 2.32. The summed E-state index contributed by atoms with van der Waals surface area (Å²) in [6.45, 7) is 13.0. The van der Waals surface area contributed by atoms with E-state index in [1.165, 1.54) is 12.1 Å². The lowest BCUT2D eigenvalue weighted by Crippen LogP contribution is -2.38. The van der Waals surface area contributed by atoms with E-state index in [0.29, 0.717) is 29.8 Å². The van der Waals surface area contributed by atoms with E-state index in [4.69, 9.17) is 4.52 Å². The van der Waals surface area contributed by atoms with Crippen LogP contribution in [0.4, 0.5) is 5.69 Å². The molecule has 6 heteroatoms. The van der Waals surface area contributed by atoms with Gasteiger partial charge >= 0.3 is 0 Å². The van der Waals surface area contributed by atoms with Crippen molar-refractivity contribution in [3.63, 3.8) is 0 Å². The molecule has 32 heavy (non-hydrogen) atoms. The average molecular weight is 433 g/mol. The second kappa shape index (κ2) is 9.15. The molecule has 3 heterocycles. The molecule has 3 aromatic rings. The molecule has 6 nitrogen and oxygen atoms in total. The van der Waals surface area contributed by atoms with Crippen molar-refractivity contribution in [3.8, 4) is 11.1 Å². The lowest BCUT2D eigenvalue weighted by Gasteiger charge is -2.37. The maximum absolute atomic E-state index is 12.6. The Hall–Kier alpha value is -3.15. The molecular formula is C26H32N4O2. The largest absolute Gasteiger partial charge is 0.371 e. The van der Waals surface area contributed by atoms with Gasteiger partial charge in [0.2, 0.25) is 0 Å². The third kappa shape index (κ3) is 5.01. The van der Waals surface area contributed by atoms with Crippen molar-refractivity contribution in [2.24, 2.45) is 11.8 Å². The highest BCUT2D eigenvalue weighted by molar-refractivity contribution is 5.92. The number of hydrogen-bond acceptors (Lipinski definition) is 5. The van der Waals surface area contributed by atoms with Gasteiger partial charge < -0.3 is 14.7 Å². The Morgan fingerprint density at radius 3 is 2.38 bits per heavy atom. The van der Waals surface area contributed by atoms with Gasteiger partial charge in [0.05, 0.1) is 0 Å². The summed E-state index contributed by atoms with van der Waals surface area (Å²) in [5.74, 6) is 1.72. The number of carbonyl (C=O) groups is 1. The molecular weight excluding hydrogens is 400 g/mol. The maximum Gasteiger partial charge on any atom is 0.273 e. The molecule has 0 saturated carbocycles. The Balaban J connectivity index is 1.66. The number of benzene rings is 1. The van der Waals surface area contributed by atoms with Crippen molar-refractivity contribution in [1.82, 2.24) is 15.5 Å². The monoisotopic (exact) mass is 432 g/mol. The van der Waals surface area contributed by atoms with Crippen molar-refractivity contribution < 1.29 is 9.32 Å². The molecule has 2 atom stereocenters. The Morgan fingerprint density at radius 2 is 1.75 bits per heavy atom. The van der Waals surface area contributed by atoms with E-state index in [0.717, 1.165) is 41.2 Å². The zero-order chi connectivity index (χ0) is 22.8. The van der Waals surface area contributed by atoms with Crippen molar-refractivity contribution in [2.75, 3.05) is 18.0 Å². The number of rotatable bonds is 5. The number of nitrogens with zero attached hydrogens (tertiary/aromatic N) is 3. The summed E-state index contributed by atoms with van der Waals surface area (Å²) >= 11 is 0. The molecule has 0 aliphatic carbocycles. The van der Waals surface area contributed by atoms with Gasteiger partial charge in [-0.25, -0.2) is 0 Å². The molecule has 1 aliphatic heterocycles. The molecule has 1 fully saturated rings. The van der Waals surface area contributed by atoms with Crippen LogP contribution < -0.4 is 10.2 Å². The first kappa shape index (κ1) is 22.1. The number of nitrogens with one attached hydrogen (secondary N) is 1. The standard InChI is InChI=1S/C26H32N4O2/c1-16-8-17(2)15-30(14-16)23-6-7-24(21-9-18(3)28-19(4)10-21)22(12-23)13-27-26(31)25-11-20(5)32-29-25/h6-7,9-12,16-17H,8,13-15H2,1-5H3,(H,27,31)/t16-,17-/m1/s1. The van der Waals surface area contributed by atoms with Crippen LogP contribution in [0.1, 0.15) is 53.5 Å². The Labute approximate surface area is 190 Å². The normalized spacial score (nSPS) is 18.6. The fourth-order valence-corrected chi connectivity index (χ4v) is 4.81. The predicted octanol–water partition coefficient (Wildman–Crippen LogP) is 5.07. The Morgan fingerprint density at radius 1 is 1.06 bits per heavy atom. The van der Waals surface area contributed by atoms with Crippen molar-refractivity contribution in [2.45, 2.75) is 47.6 Å². The summed E-state index contributed by atoms with van der Waals surface area (Å²) < 4.78 is 5.05. The summed E-state index contributed by atoms with van der Waals surface area (Å²) in [6, 6.07) is 12.4. The molecule has 1 amide bonds. The third-order valence-electron chi connectivity index (χ3n) is 6.02. The van der Waals surface area contributed by atoms with Crippen LogP contribution in [0.3, 0.4) is 0 Å². The first-order valence-corrected chi connectivity index (χ1v) is 11.3. The third-order valence-corrected chi connectivity index (χ3v) is 6.02. The van der Waals surface area contributed by atoms with Crippen molar-refractivity contribution in [3.05, 3.63) is 64.8 Å². The summed E-state index contributed by atoms with van der Waals surface area (Å²) in [6.07, 6.45) is 1.27. The predicted molar refractivity (Wildman–Crippen MR) is 127 cm³/mol. The van der Waals surface area contributed by atoms with Crippen LogP contribution in [0.2, 0.25) is 0 Å².